The van der Waals surface area contributed by atoms with Crippen LogP contribution in [0.2, 0.25) is 0 Å². The fraction of sp³-hybridized carbons (Fsp3) is 0.120. The van der Waals surface area contributed by atoms with Crippen LogP contribution in [0.4, 0.5) is 16.2 Å². The molecule has 3 aromatic carbocycles. The van der Waals surface area contributed by atoms with Crippen LogP contribution >= 0.6 is 0 Å². The number of urea groups is 1. The molecule has 0 aliphatic rings. The SMILES string of the molecule is CC(NC(=O)Cn1c(=O)cnc2ccccc21)c1ccc(NC(=O)Nc2ccccc2)cc1. The highest BCUT2D eigenvalue weighted by atomic mass is 16.2. The average molecular weight is 441 g/mol. The zero-order valence-electron chi connectivity index (χ0n) is 18.0. The minimum Gasteiger partial charge on any atom is -0.348 e. The summed E-state index contributed by atoms with van der Waals surface area (Å²) in [5.41, 5.74) is 3.11. The first-order valence-corrected chi connectivity index (χ1v) is 10.5. The number of anilines is 2. The zero-order valence-corrected chi connectivity index (χ0v) is 18.0. The Morgan fingerprint density at radius 2 is 1.52 bits per heavy atom. The summed E-state index contributed by atoms with van der Waals surface area (Å²) >= 11 is 0. The van der Waals surface area contributed by atoms with E-state index in [0.29, 0.717) is 22.4 Å². The molecule has 3 N–H and O–H groups in total. The Balaban J connectivity index is 1.36. The molecule has 0 radical (unpaired) electrons. The van der Waals surface area contributed by atoms with Crippen molar-refractivity contribution in [3.63, 3.8) is 0 Å². The van der Waals surface area contributed by atoms with Gasteiger partial charge in [-0.2, -0.15) is 0 Å². The molecule has 4 aromatic rings. The number of nitrogens with zero attached hydrogens (tertiary/aromatic N) is 2. The van der Waals surface area contributed by atoms with E-state index in [-0.39, 0.29) is 30.1 Å². The smallest absolute Gasteiger partial charge is 0.323 e. The second kappa shape index (κ2) is 9.78. The molecule has 0 saturated carbocycles. The molecular formula is C25H23N5O3. The highest BCUT2D eigenvalue weighted by Crippen LogP contribution is 2.17. The van der Waals surface area contributed by atoms with Gasteiger partial charge in [-0.1, -0.05) is 42.5 Å². The number of hydrogen-bond acceptors (Lipinski definition) is 4. The van der Waals surface area contributed by atoms with E-state index < -0.39 is 0 Å². The van der Waals surface area contributed by atoms with Crippen molar-refractivity contribution >= 4 is 34.3 Å². The predicted octanol–water partition coefficient (Wildman–Crippen LogP) is 3.92. The number of benzene rings is 3. The third-order valence-electron chi connectivity index (χ3n) is 5.13. The van der Waals surface area contributed by atoms with Crippen LogP contribution < -0.4 is 21.5 Å². The van der Waals surface area contributed by atoms with Gasteiger partial charge in [-0.05, 0) is 48.9 Å². The summed E-state index contributed by atoms with van der Waals surface area (Å²) in [4.78, 5) is 41.1. The minimum atomic E-state index is -0.342. The quantitative estimate of drug-likeness (QED) is 0.422. The minimum absolute atomic E-state index is 0.106. The van der Waals surface area contributed by atoms with E-state index in [4.69, 9.17) is 0 Å². The Kier molecular flexibility index (Phi) is 6.45. The molecule has 8 nitrogen and oxygen atoms in total. The standard InChI is InChI=1S/C25H23N5O3/c1-17(27-23(31)16-30-22-10-6-5-9-21(22)26-15-24(30)32)18-11-13-20(14-12-18)29-25(33)28-19-7-3-2-4-8-19/h2-15,17H,16H2,1H3,(H,27,31)(H2,28,29,33). The number of carbonyl (C=O) groups is 2. The van der Waals surface area contributed by atoms with Crippen molar-refractivity contribution in [3.05, 3.63) is 101 Å². The highest BCUT2D eigenvalue weighted by molar-refractivity contribution is 5.99. The maximum atomic E-state index is 12.6. The lowest BCUT2D eigenvalue weighted by molar-refractivity contribution is -0.122. The van der Waals surface area contributed by atoms with Gasteiger partial charge in [-0.15, -0.1) is 0 Å². The maximum absolute atomic E-state index is 12.6. The van der Waals surface area contributed by atoms with Gasteiger partial charge >= 0.3 is 6.03 Å². The first-order chi connectivity index (χ1) is 16.0. The fourth-order valence-electron chi connectivity index (χ4n) is 3.46. The van der Waals surface area contributed by atoms with Crippen molar-refractivity contribution in [1.82, 2.24) is 14.9 Å². The Morgan fingerprint density at radius 1 is 0.879 bits per heavy atom. The normalized spacial score (nSPS) is 11.5. The number of carbonyl (C=O) groups excluding carboxylic acids is 2. The third kappa shape index (κ3) is 5.43. The molecule has 0 aliphatic carbocycles. The third-order valence-corrected chi connectivity index (χ3v) is 5.13. The largest absolute Gasteiger partial charge is 0.348 e. The Hall–Kier alpha value is -4.46. The number of hydrogen-bond donors (Lipinski definition) is 3. The van der Waals surface area contributed by atoms with Crippen molar-refractivity contribution in [1.29, 1.82) is 0 Å². The number of nitrogens with one attached hydrogen (secondary N) is 3. The van der Waals surface area contributed by atoms with Crippen molar-refractivity contribution in [2.45, 2.75) is 19.5 Å². The molecule has 0 spiro atoms. The zero-order chi connectivity index (χ0) is 23.2. The first kappa shape index (κ1) is 21.8. The number of fused-ring (bicyclic) bond motifs is 1. The topological polar surface area (TPSA) is 105 Å². The molecule has 33 heavy (non-hydrogen) atoms. The van der Waals surface area contributed by atoms with Gasteiger partial charge in [0, 0.05) is 11.4 Å². The van der Waals surface area contributed by atoms with Crippen LogP contribution in [0.5, 0.6) is 0 Å². The molecule has 166 valence electrons. The van der Waals surface area contributed by atoms with E-state index in [2.05, 4.69) is 20.9 Å². The number of rotatable bonds is 6. The lowest BCUT2D eigenvalue weighted by Gasteiger charge is -2.16. The Morgan fingerprint density at radius 3 is 2.24 bits per heavy atom. The van der Waals surface area contributed by atoms with Crippen LogP contribution in [0, 0.1) is 0 Å². The van der Waals surface area contributed by atoms with Crippen molar-refractivity contribution in [2.24, 2.45) is 0 Å². The molecule has 1 aromatic heterocycles. The second-order valence-electron chi connectivity index (χ2n) is 7.53. The van der Waals surface area contributed by atoms with Crippen LogP contribution in [-0.4, -0.2) is 21.5 Å². The molecule has 1 heterocycles. The van der Waals surface area contributed by atoms with Gasteiger partial charge in [0.05, 0.1) is 23.3 Å². The summed E-state index contributed by atoms with van der Waals surface area (Å²) in [5, 5.41) is 8.44. The first-order valence-electron chi connectivity index (χ1n) is 10.5. The second-order valence-corrected chi connectivity index (χ2v) is 7.53. The molecule has 1 atom stereocenters. The van der Waals surface area contributed by atoms with Crippen LogP contribution in [0.15, 0.2) is 89.9 Å². The van der Waals surface area contributed by atoms with E-state index in [1.165, 1.54) is 10.8 Å². The maximum Gasteiger partial charge on any atom is 0.323 e. The molecule has 8 heteroatoms. The lowest BCUT2D eigenvalue weighted by Crippen LogP contribution is -2.34. The number of amides is 3. The van der Waals surface area contributed by atoms with E-state index in [1.807, 2.05) is 43.3 Å². The number of para-hydroxylation sites is 3. The van der Waals surface area contributed by atoms with Crippen molar-refractivity contribution in [3.8, 4) is 0 Å². The molecule has 3 amide bonds. The van der Waals surface area contributed by atoms with Gasteiger partial charge in [-0.3, -0.25) is 14.2 Å². The van der Waals surface area contributed by atoms with Gasteiger partial charge in [-0.25, -0.2) is 9.78 Å². The van der Waals surface area contributed by atoms with E-state index in [0.717, 1.165) is 5.56 Å². The summed E-state index contributed by atoms with van der Waals surface area (Å²) in [7, 11) is 0. The van der Waals surface area contributed by atoms with Crippen molar-refractivity contribution in [2.75, 3.05) is 10.6 Å². The predicted molar refractivity (Wildman–Crippen MR) is 128 cm³/mol. The molecule has 1 unspecified atom stereocenters. The highest BCUT2D eigenvalue weighted by Gasteiger charge is 2.13. The van der Waals surface area contributed by atoms with E-state index in [9.17, 15) is 14.4 Å². The van der Waals surface area contributed by atoms with E-state index in [1.54, 1.807) is 42.5 Å². The summed E-state index contributed by atoms with van der Waals surface area (Å²) in [6.07, 6.45) is 1.22. The van der Waals surface area contributed by atoms with Gasteiger partial charge in [0.2, 0.25) is 5.91 Å². The van der Waals surface area contributed by atoms with Crippen molar-refractivity contribution < 1.29 is 9.59 Å². The molecule has 4 rings (SSSR count). The van der Waals surface area contributed by atoms with Gasteiger partial charge < -0.3 is 16.0 Å². The van der Waals surface area contributed by atoms with Gasteiger partial charge in [0.15, 0.2) is 0 Å². The van der Waals surface area contributed by atoms with Gasteiger partial charge in [0.25, 0.3) is 5.56 Å². The molecule has 0 saturated heterocycles. The summed E-state index contributed by atoms with van der Waals surface area (Å²) in [6, 6.07) is 22.9. The summed E-state index contributed by atoms with van der Waals surface area (Å²) < 4.78 is 1.41. The van der Waals surface area contributed by atoms with Crippen LogP contribution in [0.1, 0.15) is 18.5 Å². The van der Waals surface area contributed by atoms with Crippen LogP contribution in [-0.2, 0) is 11.3 Å². The van der Waals surface area contributed by atoms with Crippen LogP contribution in [0.25, 0.3) is 11.0 Å². The molecule has 0 fully saturated rings. The van der Waals surface area contributed by atoms with Crippen LogP contribution in [0.3, 0.4) is 0 Å². The van der Waals surface area contributed by atoms with E-state index >= 15 is 0 Å². The Bertz CT molecular complexity index is 1330. The van der Waals surface area contributed by atoms with Gasteiger partial charge in [0.1, 0.15) is 6.54 Å². The monoisotopic (exact) mass is 441 g/mol. The molecular weight excluding hydrogens is 418 g/mol. The summed E-state index contributed by atoms with van der Waals surface area (Å²) in [5.74, 6) is -0.287. The molecule has 0 bridgehead atoms. The molecule has 0 aliphatic heterocycles. The lowest BCUT2D eigenvalue weighted by atomic mass is 10.1. The fourth-order valence-corrected chi connectivity index (χ4v) is 3.46. The number of aromatic nitrogens is 2. The Labute approximate surface area is 190 Å². The average Bonchev–Trinajstić information content (AvgIpc) is 2.82. The summed E-state index contributed by atoms with van der Waals surface area (Å²) in [6.45, 7) is 1.75.